The van der Waals surface area contributed by atoms with Crippen molar-refractivity contribution in [2.24, 2.45) is 4.99 Å². The van der Waals surface area contributed by atoms with Gasteiger partial charge in [0.05, 0.1) is 12.1 Å². The van der Waals surface area contributed by atoms with Gasteiger partial charge in [0.2, 0.25) is 5.89 Å². The molecule has 5 heterocycles. The lowest BCUT2D eigenvalue weighted by atomic mass is 10.1. The van der Waals surface area contributed by atoms with Gasteiger partial charge >= 0.3 is 0 Å². The van der Waals surface area contributed by atoms with E-state index in [1.54, 1.807) is 6.20 Å². The van der Waals surface area contributed by atoms with Crippen LogP contribution in [-0.4, -0.2) is 41.7 Å². The fourth-order valence-electron chi connectivity index (χ4n) is 3.16. The standard InChI is InChI=1S/C20H18N8O2S/c1-12-8-22-10-31(12)11-25-19(29)17-18(21)27-16(20-24-5-7-30-20)15(26-17)13-2-3-14-23-4-6-28(14)9-13/h2-10,31H,11H2,1H3,(H2,21,27)(H,25,29). The number of carbonyl (C=O) groups is 1. The molecule has 0 saturated carbocycles. The van der Waals surface area contributed by atoms with Crippen LogP contribution in [0, 0.1) is 0 Å². The Morgan fingerprint density at radius 2 is 2.13 bits per heavy atom. The Balaban J connectivity index is 1.55. The number of rotatable bonds is 5. The summed E-state index contributed by atoms with van der Waals surface area (Å²) < 4.78 is 7.28. The van der Waals surface area contributed by atoms with Crippen molar-refractivity contribution in [3.8, 4) is 22.8 Å². The van der Waals surface area contributed by atoms with Crippen LogP contribution in [0.3, 0.4) is 0 Å². The van der Waals surface area contributed by atoms with Crippen molar-refractivity contribution in [3.05, 3.63) is 60.0 Å². The first-order valence-corrected chi connectivity index (χ1v) is 10.9. The minimum Gasteiger partial charge on any atom is -0.443 e. The lowest BCUT2D eigenvalue weighted by molar-refractivity contribution is 0.0956. The zero-order chi connectivity index (χ0) is 21.4. The first-order chi connectivity index (χ1) is 15.1. The van der Waals surface area contributed by atoms with Crippen molar-refractivity contribution in [2.75, 3.05) is 11.6 Å². The molecule has 0 saturated heterocycles. The topological polar surface area (TPSA) is 137 Å². The smallest absolute Gasteiger partial charge is 0.274 e. The summed E-state index contributed by atoms with van der Waals surface area (Å²) in [6, 6.07) is 3.70. The van der Waals surface area contributed by atoms with Crippen LogP contribution in [0.15, 0.2) is 63.7 Å². The zero-order valence-electron chi connectivity index (χ0n) is 16.4. The van der Waals surface area contributed by atoms with Crippen LogP contribution in [0.2, 0.25) is 0 Å². The number of pyridine rings is 1. The average molecular weight is 434 g/mol. The molecule has 4 aromatic rings. The largest absolute Gasteiger partial charge is 0.443 e. The van der Waals surface area contributed by atoms with Gasteiger partial charge < -0.3 is 19.9 Å². The fraction of sp³-hybridized carbons (Fsp3) is 0.100. The lowest BCUT2D eigenvalue weighted by Crippen LogP contribution is -2.27. The van der Waals surface area contributed by atoms with E-state index in [-0.39, 0.29) is 17.4 Å². The highest BCUT2D eigenvalue weighted by atomic mass is 32.2. The highest BCUT2D eigenvalue weighted by Gasteiger charge is 2.22. The van der Waals surface area contributed by atoms with E-state index in [2.05, 4.69) is 30.2 Å². The van der Waals surface area contributed by atoms with Crippen LogP contribution in [0.4, 0.5) is 5.82 Å². The summed E-state index contributed by atoms with van der Waals surface area (Å²) in [6.45, 7) is 1.99. The molecule has 1 aliphatic rings. The van der Waals surface area contributed by atoms with E-state index in [1.807, 2.05) is 47.6 Å². The monoisotopic (exact) mass is 434 g/mol. The maximum Gasteiger partial charge on any atom is 0.274 e. The van der Waals surface area contributed by atoms with Gasteiger partial charge in [-0.05, 0) is 24.0 Å². The molecule has 3 N–H and O–H groups in total. The Morgan fingerprint density at radius 1 is 1.23 bits per heavy atom. The van der Waals surface area contributed by atoms with Gasteiger partial charge in [0.15, 0.2) is 17.2 Å². The maximum absolute atomic E-state index is 12.9. The Hall–Kier alpha value is -3.99. The number of aliphatic imine (C=N–C) groups is 1. The second-order valence-electron chi connectivity index (χ2n) is 6.77. The Labute approximate surface area is 179 Å². The van der Waals surface area contributed by atoms with E-state index in [0.29, 0.717) is 22.8 Å². The summed E-state index contributed by atoms with van der Waals surface area (Å²) >= 11 is 0. The normalized spacial score (nSPS) is 16.5. The van der Waals surface area contributed by atoms with Crippen LogP contribution >= 0.6 is 10.9 Å². The summed E-state index contributed by atoms with van der Waals surface area (Å²) in [5, 5.41) is 2.89. The van der Waals surface area contributed by atoms with Crippen molar-refractivity contribution >= 4 is 33.8 Å². The molecule has 156 valence electrons. The van der Waals surface area contributed by atoms with Crippen molar-refractivity contribution in [3.63, 3.8) is 0 Å². The van der Waals surface area contributed by atoms with Crippen LogP contribution in [0.5, 0.6) is 0 Å². The molecular formula is C20H18N8O2S. The van der Waals surface area contributed by atoms with Gasteiger partial charge in [0.25, 0.3) is 5.91 Å². The maximum atomic E-state index is 12.9. The molecule has 31 heavy (non-hydrogen) atoms. The number of nitrogens with zero attached hydrogens (tertiary/aromatic N) is 6. The number of hydrogen-bond donors (Lipinski definition) is 3. The lowest BCUT2D eigenvalue weighted by Gasteiger charge is -2.15. The number of thiol groups is 1. The highest BCUT2D eigenvalue weighted by Crippen LogP contribution is 2.35. The minimum atomic E-state index is -0.627. The third-order valence-corrected chi connectivity index (χ3v) is 6.70. The molecule has 0 bridgehead atoms. The zero-order valence-corrected chi connectivity index (χ0v) is 17.3. The van der Waals surface area contributed by atoms with Gasteiger partial charge in [-0.2, -0.15) is 10.9 Å². The van der Waals surface area contributed by atoms with Crippen LogP contribution in [0.25, 0.3) is 28.5 Å². The van der Waals surface area contributed by atoms with Crippen molar-refractivity contribution < 1.29 is 9.21 Å². The SMILES string of the molecule is CC1=CN=C[SH]1CNC(=O)c1nc(-c2ccc3nccn3c2)c(-c2ncco2)nc1N. The molecule has 5 rings (SSSR count). The first kappa shape index (κ1) is 19.0. The van der Waals surface area contributed by atoms with Crippen molar-refractivity contribution in [1.29, 1.82) is 0 Å². The number of nitrogens with one attached hydrogen (secondary N) is 1. The molecule has 0 spiro atoms. The number of allylic oxidation sites excluding steroid dienone is 1. The van der Waals surface area contributed by atoms with Gasteiger partial charge in [0.1, 0.15) is 17.6 Å². The number of fused-ring (bicyclic) bond motifs is 1. The quantitative estimate of drug-likeness (QED) is 0.411. The average Bonchev–Trinajstić information content (AvgIpc) is 3.53. The summed E-state index contributed by atoms with van der Waals surface area (Å²) in [4.78, 5) is 35.6. The molecule has 1 aliphatic heterocycles. The number of aromatic nitrogens is 5. The second kappa shape index (κ2) is 7.69. The van der Waals surface area contributed by atoms with E-state index in [0.717, 1.165) is 10.6 Å². The molecule has 4 aromatic heterocycles. The molecule has 1 amide bonds. The Morgan fingerprint density at radius 3 is 2.90 bits per heavy atom. The third kappa shape index (κ3) is 3.55. The number of carbonyl (C=O) groups excluding carboxylic acids is 1. The molecule has 0 fully saturated rings. The van der Waals surface area contributed by atoms with Gasteiger partial charge in [0, 0.05) is 35.9 Å². The molecule has 1 atom stereocenters. The van der Waals surface area contributed by atoms with Crippen molar-refractivity contribution in [2.45, 2.75) is 6.92 Å². The third-order valence-electron chi connectivity index (χ3n) is 4.77. The van der Waals surface area contributed by atoms with Crippen molar-refractivity contribution in [1.82, 2.24) is 29.7 Å². The number of nitrogens with two attached hydrogens (primary N) is 1. The molecule has 10 nitrogen and oxygen atoms in total. The molecule has 0 radical (unpaired) electrons. The summed E-state index contributed by atoms with van der Waals surface area (Å²) in [7, 11) is -0.627. The highest BCUT2D eigenvalue weighted by molar-refractivity contribution is 8.31. The molecular weight excluding hydrogens is 416 g/mol. The van der Waals surface area contributed by atoms with E-state index in [1.165, 1.54) is 12.5 Å². The Kier molecular flexibility index (Phi) is 4.71. The van der Waals surface area contributed by atoms with E-state index in [9.17, 15) is 4.79 Å². The number of oxazole rings is 1. The Bertz CT molecular complexity index is 1340. The predicted octanol–water partition coefficient (Wildman–Crippen LogP) is 2.62. The number of hydrogen-bond acceptors (Lipinski definition) is 8. The van der Waals surface area contributed by atoms with Gasteiger partial charge in [-0.25, -0.2) is 19.9 Å². The van der Waals surface area contributed by atoms with Gasteiger partial charge in [-0.1, -0.05) is 0 Å². The molecule has 0 aliphatic carbocycles. The minimum absolute atomic E-state index is 0.00158. The van der Waals surface area contributed by atoms with Gasteiger partial charge in [-0.15, -0.1) is 0 Å². The number of amides is 1. The summed E-state index contributed by atoms with van der Waals surface area (Å²) in [5.41, 5.74) is 10.3. The van der Waals surface area contributed by atoms with Gasteiger partial charge in [-0.3, -0.25) is 9.79 Å². The number of nitrogen functional groups attached to an aromatic ring is 1. The molecule has 11 heteroatoms. The van der Waals surface area contributed by atoms with Crippen LogP contribution < -0.4 is 11.1 Å². The number of imidazole rings is 1. The van der Waals surface area contributed by atoms with E-state index in [4.69, 9.17) is 10.2 Å². The molecule has 1 unspecified atom stereocenters. The first-order valence-electron chi connectivity index (χ1n) is 9.35. The van der Waals surface area contributed by atoms with E-state index < -0.39 is 16.8 Å². The summed E-state index contributed by atoms with van der Waals surface area (Å²) in [5.74, 6) is 0.319. The van der Waals surface area contributed by atoms with E-state index >= 15 is 0 Å². The van der Waals surface area contributed by atoms with Crippen LogP contribution in [0.1, 0.15) is 17.4 Å². The fourth-order valence-corrected chi connectivity index (χ4v) is 4.43. The summed E-state index contributed by atoms with van der Waals surface area (Å²) in [6.07, 6.45) is 10.1. The predicted molar refractivity (Wildman–Crippen MR) is 120 cm³/mol. The second-order valence-corrected chi connectivity index (χ2v) is 8.96. The molecule has 0 aromatic carbocycles. The number of anilines is 1. The van der Waals surface area contributed by atoms with Crippen LogP contribution in [-0.2, 0) is 0 Å².